The van der Waals surface area contributed by atoms with Crippen LogP contribution in [0.1, 0.15) is 23.2 Å². The van der Waals surface area contributed by atoms with Gasteiger partial charge in [-0.15, -0.1) is 0 Å². The highest BCUT2D eigenvalue weighted by Gasteiger charge is 2.27. The number of ether oxygens (including phenoxy) is 1. The van der Waals surface area contributed by atoms with Crippen molar-refractivity contribution in [2.45, 2.75) is 12.8 Å². The van der Waals surface area contributed by atoms with Crippen molar-refractivity contribution in [1.29, 1.82) is 0 Å². The average molecular weight is 426 g/mol. The summed E-state index contributed by atoms with van der Waals surface area (Å²) >= 11 is 3.53. The van der Waals surface area contributed by atoms with Crippen LogP contribution in [0.25, 0.3) is 10.9 Å². The fourth-order valence-electron chi connectivity index (χ4n) is 3.61. The lowest BCUT2D eigenvalue weighted by molar-refractivity contribution is 0.0900. The van der Waals surface area contributed by atoms with Crippen LogP contribution < -0.4 is 9.64 Å². The molecule has 0 saturated carbocycles. The van der Waals surface area contributed by atoms with Gasteiger partial charge in [-0.25, -0.2) is 9.97 Å². The van der Waals surface area contributed by atoms with Crippen molar-refractivity contribution in [2.24, 2.45) is 5.92 Å². The van der Waals surface area contributed by atoms with Gasteiger partial charge in [-0.3, -0.25) is 4.79 Å². The van der Waals surface area contributed by atoms with Gasteiger partial charge in [-0.2, -0.15) is 0 Å². The van der Waals surface area contributed by atoms with Crippen molar-refractivity contribution in [3.05, 3.63) is 58.8 Å². The fourth-order valence-corrected chi connectivity index (χ4v) is 3.97. The summed E-state index contributed by atoms with van der Waals surface area (Å²) < 4.78 is 6.18. The highest BCUT2D eigenvalue weighted by Crippen LogP contribution is 2.30. The molecular weight excluding hydrogens is 406 g/mol. The molecule has 27 heavy (non-hydrogen) atoms. The molecule has 0 unspecified atom stereocenters. The highest BCUT2D eigenvalue weighted by atomic mass is 79.9. The number of benzene rings is 2. The molecule has 1 fully saturated rings. The molecule has 0 bridgehead atoms. The average Bonchev–Trinajstić information content (AvgIpc) is 2.73. The second kappa shape index (κ2) is 7.64. The number of fused-ring (bicyclic) bond motifs is 1. The number of carbonyl (C=O) groups is 1. The Hall–Kier alpha value is -2.47. The summed E-state index contributed by atoms with van der Waals surface area (Å²) in [5.74, 6) is 1.97. The smallest absolute Gasteiger partial charge is 0.166 e. The Morgan fingerprint density at radius 2 is 1.85 bits per heavy atom. The second-order valence-electron chi connectivity index (χ2n) is 6.71. The molecule has 4 rings (SSSR count). The van der Waals surface area contributed by atoms with Crippen molar-refractivity contribution in [3.8, 4) is 5.75 Å². The number of Topliss-reactive ketones (excluding diaryl/α,β-unsaturated/α-hetero) is 1. The van der Waals surface area contributed by atoms with Gasteiger partial charge in [-0.05, 0) is 55.3 Å². The number of nitrogens with zero attached hydrogens (tertiary/aromatic N) is 3. The van der Waals surface area contributed by atoms with E-state index in [0.29, 0.717) is 0 Å². The molecule has 0 atom stereocenters. The van der Waals surface area contributed by atoms with Gasteiger partial charge < -0.3 is 9.64 Å². The summed E-state index contributed by atoms with van der Waals surface area (Å²) in [5, 5.41) is 1.03. The number of hydrogen-bond donors (Lipinski definition) is 0. The summed E-state index contributed by atoms with van der Waals surface area (Å²) in [4.78, 5) is 23.9. The van der Waals surface area contributed by atoms with Crippen LogP contribution in [-0.2, 0) is 0 Å². The van der Waals surface area contributed by atoms with Gasteiger partial charge in [0.25, 0.3) is 0 Å². The minimum atomic E-state index is 0.0504. The van der Waals surface area contributed by atoms with Crippen molar-refractivity contribution in [2.75, 3.05) is 25.1 Å². The molecule has 0 amide bonds. The van der Waals surface area contributed by atoms with E-state index in [9.17, 15) is 4.79 Å². The topological polar surface area (TPSA) is 55.3 Å². The van der Waals surface area contributed by atoms with Gasteiger partial charge in [0.2, 0.25) is 0 Å². The molecule has 0 N–H and O–H groups in total. The zero-order chi connectivity index (χ0) is 18.8. The first-order valence-electron chi connectivity index (χ1n) is 8.99. The van der Waals surface area contributed by atoms with Crippen molar-refractivity contribution < 1.29 is 9.53 Å². The first kappa shape index (κ1) is 17.9. The molecule has 3 aromatic rings. The highest BCUT2D eigenvalue weighted by molar-refractivity contribution is 9.10. The first-order chi connectivity index (χ1) is 13.2. The SMILES string of the molecule is COc1ccc(C(=O)C2CCN(c3ncnc4ccc(Br)cc34)CC2)cc1. The normalized spacial score (nSPS) is 15.1. The van der Waals surface area contributed by atoms with Crippen LogP contribution in [0.3, 0.4) is 0 Å². The number of ketones is 1. The van der Waals surface area contributed by atoms with Crippen LogP contribution in [0, 0.1) is 5.92 Å². The third-order valence-corrected chi connectivity index (χ3v) is 5.61. The van der Waals surface area contributed by atoms with E-state index in [1.165, 1.54) is 0 Å². The van der Waals surface area contributed by atoms with Crippen LogP contribution in [-0.4, -0.2) is 36.0 Å². The van der Waals surface area contributed by atoms with E-state index < -0.39 is 0 Å². The number of hydrogen-bond acceptors (Lipinski definition) is 5. The molecule has 0 aliphatic carbocycles. The van der Waals surface area contributed by atoms with Gasteiger partial charge in [0.05, 0.1) is 12.6 Å². The van der Waals surface area contributed by atoms with Gasteiger partial charge in [0, 0.05) is 34.4 Å². The van der Waals surface area contributed by atoms with Crippen LogP contribution >= 0.6 is 15.9 Å². The van der Waals surface area contributed by atoms with E-state index in [-0.39, 0.29) is 11.7 Å². The van der Waals surface area contributed by atoms with E-state index in [4.69, 9.17) is 4.74 Å². The maximum Gasteiger partial charge on any atom is 0.166 e. The Bertz CT molecular complexity index is 967. The molecule has 0 radical (unpaired) electrons. The molecular formula is C21H20BrN3O2. The minimum absolute atomic E-state index is 0.0504. The Morgan fingerprint density at radius 1 is 1.11 bits per heavy atom. The summed E-state index contributed by atoms with van der Waals surface area (Å²) in [6.07, 6.45) is 3.26. The predicted octanol–water partition coefficient (Wildman–Crippen LogP) is 4.50. The number of carbonyl (C=O) groups excluding carboxylic acids is 1. The van der Waals surface area contributed by atoms with Crippen LogP contribution in [0.4, 0.5) is 5.82 Å². The third kappa shape index (κ3) is 3.67. The number of anilines is 1. The molecule has 2 aromatic carbocycles. The van der Waals surface area contributed by atoms with Crippen LogP contribution in [0.15, 0.2) is 53.3 Å². The molecule has 1 aliphatic rings. The number of rotatable bonds is 4. The van der Waals surface area contributed by atoms with Crippen LogP contribution in [0.2, 0.25) is 0 Å². The van der Waals surface area contributed by atoms with Crippen molar-refractivity contribution >= 4 is 38.4 Å². The molecule has 138 valence electrons. The Kier molecular flexibility index (Phi) is 5.07. The predicted molar refractivity (Wildman–Crippen MR) is 109 cm³/mol. The van der Waals surface area contributed by atoms with E-state index in [0.717, 1.165) is 58.4 Å². The number of piperidine rings is 1. The third-order valence-electron chi connectivity index (χ3n) is 5.12. The summed E-state index contributed by atoms with van der Waals surface area (Å²) in [6.45, 7) is 1.62. The Balaban J connectivity index is 1.49. The molecule has 1 aliphatic heterocycles. The van der Waals surface area contributed by atoms with Crippen molar-refractivity contribution in [1.82, 2.24) is 9.97 Å². The van der Waals surface area contributed by atoms with Gasteiger partial charge in [0.15, 0.2) is 5.78 Å². The lowest BCUT2D eigenvalue weighted by Gasteiger charge is -2.32. The quantitative estimate of drug-likeness (QED) is 0.575. The summed E-state index contributed by atoms with van der Waals surface area (Å²) in [5.41, 5.74) is 1.69. The molecule has 1 saturated heterocycles. The standard InChI is InChI=1S/C21H20BrN3O2/c1-27-17-5-2-14(3-6-17)20(26)15-8-10-25(11-9-15)21-18-12-16(22)4-7-19(18)23-13-24-21/h2-7,12-13,15H,8-11H2,1H3. The van der Waals surface area contributed by atoms with Gasteiger partial charge in [0.1, 0.15) is 17.9 Å². The molecule has 6 heteroatoms. The van der Waals surface area contributed by atoms with Gasteiger partial charge >= 0.3 is 0 Å². The second-order valence-corrected chi connectivity index (χ2v) is 7.63. The lowest BCUT2D eigenvalue weighted by Crippen LogP contribution is -2.37. The van der Waals surface area contributed by atoms with E-state index >= 15 is 0 Å². The van der Waals surface area contributed by atoms with Crippen molar-refractivity contribution in [3.63, 3.8) is 0 Å². The van der Waals surface area contributed by atoms with Crippen LogP contribution in [0.5, 0.6) is 5.75 Å². The monoisotopic (exact) mass is 425 g/mol. The van der Waals surface area contributed by atoms with E-state index in [2.05, 4.69) is 36.9 Å². The largest absolute Gasteiger partial charge is 0.497 e. The first-order valence-corrected chi connectivity index (χ1v) is 9.78. The molecule has 5 nitrogen and oxygen atoms in total. The zero-order valence-electron chi connectivity index (χ0n) is 15.1. The zero-order valence-corrected chi connectivity index (χ0v) is 16.6. The number of halogens is 1. The fraction of sp³-hybridized carbons (Fsp3) is 0.286. The minimum Gasteiger partial charge on any atom is -0.497 e. The Morgan fingerprint density at radius 3 is 2.56 bits per heavy atom. The summed E-state index contributed by atoms with van der Waals surface area (Å²) in [7, 11) is 1.63. The number of methoxy groups -OCH3 is 1. The lowest BCUT2D eigenvalue weighted by atomic mass is 9.89. The maximum absolute atomic E-state index is 12.8. The van der Waals surface area contributed by atoms with E-state index in [1.807, 2.05) is 36.4 Å². The van der Waals surface area contributed by atoms with E-state index in [1.54, 1.807) is 13.4 Å². The van der Waals surface area contributed by atoms with Gasteiger partial charge in [-0.1, -0.05) is 15.9 Å². The summed E-state index contributed by atoms with van der Waals surface area (Å²) in [6, 6.07) is 13.4. The molecule has 2 heterocycles. The maximum atomic E-state index is 12.8. The molecule has 0 spiro atoms. The molecule has 1 aromatic heterocycles. The number of aromatic nitrogens is 2. The Labute approximate surface area is 166 Å².